The van der Waals surface area contributed by atoms with E-state index in [0.717, 1.165) is 25.7 Å². The maximum atomic E-state index is 5.13. The van der Waals surface area contributed by atoms with E-state index < -0.39 is 0 Å². The van der Waals surface area contributed by atoms with Crippen LogP contribution in [-0.4, -0.2) is 4.40 Å². The molecule has 4 heteroatoms. The molecule has 0 bridgehead atoms. The topological polar surface area (TPSA) is 12.2 Å². The Morgan fingerprint density at radius 2 is 1.46 bits per heavy atom. The molecule has 1 spiro atoms. The zero-order valence-corrected chi connectivity index (χ0v) is 33.6. The van der Waals surface area contributed by atoms with E-state index in [4.69, 9.17) is 6.58 Å². The van der Waals surface area contributed by atoms with Crippen LogP contribution in [0.5, 0.6) is 0 Å². The zero-order chi connectivity index (χ0) is 38.8. The number of nitrogens with zero attached hydrogens (tertiary/aromatic N) is 3. The highest BCUT2D eigenvalue weighted by Gasteiger charge is 2.74. The molecule has 3 aliphatic rings. The van der Waals surface area contributed by atoms with Crippen molar-refractivity contribution in [1.29, 1.82) is 0 Å². The van der Waals surface area contributed by atoms with Crippen LogP contribution in [0.25, 0.3) is 97.6 Å². The first-order valence-corrected chi connectivity index (χ1v) is 21.9. The van der Waals surface area contributed by atoms with Gasteiger partial charge in [-0.05, 0) is 109 Å². The fraction of sp³-hybridized carbons (Fsp3) is 0.127. The second kappa shape index (κ2) is 11.1. The summed E-state index contributed by atoms with van der Waals surface area (Å²) in [5.74, 6) is 0. The van der Waals surface area contributed by atoms with Gasteiger partial charge in [0.1, 0.15) is 6.42 Å². The van der Waals surface area contributed by atoms with Crippen molar-refractivity contribution in [3.63, 3.8) is 0 Å². The second-order valence-electron chi connectivity index (χ2n) is 17.2. The molecule has 3 nitrogen and oxygen atoms in total. The average Bonchev–Trinajstić information content (AvgIpc) is 3.94. The molecule has 0 aliphatic carbocycles. The molecule has 0 N–H and O–H groups in total. The number of rotatable bonds is 2. The fourth-order valence-electron chi connectivity index (χ4n) is 12.5. The summed E-state index contributed by atoms with van der Waals surface area (Å²) in [7, 11) is 0. The number of benzene rings is 6. The van der Waals surface area contributed by atoms with E-state index in [-0.39, 0.29) is 11.0 Å². The predicted molar refractivity (Wildman–Crippen MR) is 244 cm³/mol. The fourth-order valence-corrected chi connectivity index (χ4v) is 13.6. The molecule has 11 aromatic rings. The lowest BCUT2D eigenvalue weighted by Crippen LogP contribution is -2.81. The number of hydrogen-bond acceptors (Lipinski definition) is 1. The lowest BCUT2D eigenvalue weighted by molar-refractivity contribution is -0.816. The Morgan fingerprint density at radius 3 is 2.37 bits per heavy atom. The Bertz CT molecular complexity index is 3660. The monoisotopic (exact) mass is 773 g/mol. The second-order valence-corrected chi connectivity index (χ2v) is 18.3. The average molecular weight is 774 g/mol. The standard InChI is InChI=1S/C55H39N3S/c1-3-54-26-25-35-16-7-8-18-38(35)45-20-11-12-27-56(45)33(2)55(54)32-37-17-13-21-46(58(37)55)42-30-40-41-28-36(34-14-5-4-6-15-34)29-43-51-47(57(53(41)43)48(40)31-44(42)54)23-24-50-52(51)39-19-9-10-22-49(39)59-50/h4-24,27-31H,2-3,25-26,32H2,1H3/q+2. The van der Waals surface area contributed by atoms with Crippen LogP contribution in [0.3, 0.4) is 0 Å². The Labute approximate surface area is 345 Å². The van der Waals surface area contributed by atoms with Crippen LogP contribution in [0.1, 0.15) is 36.6 Å². The summed E-state index contributed by atoms with van der Waals surface area (Å²) in [6, 6.07) is 57.6. The molecule has 14 rings (SSSR count). The highest BCUT2D eigenvalue weighted by atomic mass is 32.1. The van der Waals surface area contributed by atoms with Gasteiger partial charge in [0.2, 0.25) is 11.4 Å². The van der Waals surface area contributed by atoms with Crippen LogP contribution in [0.2, 0.25) is 0 Å². The first-order valence-electron chi connectivity index (χ1n) is 21.1. The minimum atomic E-state index is -0.334. The van der Waals surface area contributed by atoms with Crippen molar-refractivity contribution in [2.45, 2.75) is 43.6 Å². The van der Waals surface area contributed by atoms with Gasteiger partial charge < -0.3 is 4.40 Å². The summed E-state index contributed by atoms with van der Waals surface area (Å²) in [4.78, 5) is 0. The molecule has 2 atom stereocenters. The SMILES string of the molecule is C=C1[n+]2ccccc2-c2ccccc2CCC2(CC)c3cc4c(cc3-c3cccc5[n+]3C12C5)c1cc(-c2ccccc2)cc2c3c5c(ccc3n4c12)sc1ccccc15. The van der Waals surface area contributed by atoms with Crippen LogP contribution in [-0.2, 0) is 23.8 Å². The van der Waals surface area contributed by atoms with Crippen molar-refractivity contribution in [2.75, 3.05) is 0 Å². The maximum absolute atomic E-state index is 5.13. The molecule has 6 aromatic carbocycles. The lowest BCUT2D eigenvalue weighted by atomic mass is 9.52. The van der Waals surface area contributed by atoms with Crippen LogP contribution >= 0.6 is 11.3 Å². The van der Waals surface area contributed by atoms with E-state index in [1.54, 1.807) is 0 Å². The third-order valence-corrected chi connectivity index (χ3v) is 16.1. The summed E-state index contributed by atoms with van der Waals surface area (Å²) in [6.07, 6.45) is 6.23. The molecule has 3 aliphatic heterocycles. The Hall–Kier alpha value is -6.62. The highest BCUT2D eigenvalue weighted by molar-refractivity contribution is 7.26. The van der Waals surface area contributed by atoms with Crippen LogP contribution < -0.4 is 9.13 Å². The molecule has 0 saturated heterocycles. The van der Waals surface area contributed by atoms with Gasteiger partial charge in [-0.25, -0.2) is 0 Å². The van der Waals surface area contributed by atoms with Gasteiger partial charge in [-0.3, -0.25) is 0 Å². The maximum Gasteiger partial charge on any atom is 0.270 e. The summed E-state index contributed by atoms with van der Waals surface area (Å²) in [5, 5.41) is 8.07. The summed E-state index contributed by atoms with van der Waals surface area (Å²) >= 11 is 1.91. The molecule has 8 heterocycles. The van der Waals surface area contributed by atoms with Crippen molar-refractivity contribution < 1.29 is 9.13 Å². The number of pyridine rings is 2. The zero-order valence-electron chi connectivity index (χ0n) is 32.8. The van der Waals surface area contributed by atoms with Gasteiger partial charge in [0.25, 0.3) is 11.2 Å². The van der Waals surface area contributed by atoms with E-state index in [9.17, 15) is 0 Å². The quantitative estimate of drug-likeness (QED) is 0.155. The van der Waals surface area contributed by atoms with Gasteiger partial charge in [0.15, 0.2) is 11.9 Å². The third-order valence-electron chi connectivity index (χ3n) is 15.0. The molecule has 5 aromatic heterocycles. The molecule has 0 radical (unpaired) electrons. The number of hydrogen-bond donors (Lipinski definition) is 0. The van der Waals surface area contributed by atoms with Gasteiger partial charge in [-0.1, -0.05) is 73.7 Å². The van der Waals surface area contributed by atoms with Crippen LogP contribution in [0, 0.1) is 0 Å². The Balaban J connectivity index is 1.15. The van der Waals surface area contributed by atoms with Crippen LogP contribution in [0.15, 0.2) is 164 Å². The molecule has 59 heavy (non-hydrogen) atoms. The lowest BCUT2D eigenvalue weighted by Gasteiger charge is -2.52. The molecule has 278 valence electrons. The minimum Gasteiger partial charge on any atom is -0.308 e. The van der Waals surface area contributed by atoms with E-state index in [1.807, 2.05) is 11.3 Å². The van der Waals surface area contributed by atoms with E-state index >= 15 is 0 Å². The van der Waals surface area contributed by atoms with Gasteiger partial charge in [-0.15, -0.1) is 11.3 Å². The largest absolute Gasteiger partial charge is 0.308 e. The third kappa shape index (κ3) is 3.77. The first-order chi connectivity index (χ1) is 29.1. The number of aromatic nitrogens is 3. The van der Waals surface area contributed by atoms with Crippen molar-refractivity contribution >= 4 is 75.3 Å². The molecular weight excluding hydrogens is 735 g/mol. The summed E-state index contributed by atoms with van der Waals surface area (Å²) < 4.78 is 10.5. The van der Waals surface area contributed by atoms with Crippen molar-refractivity contribution in [1.82, 2.24) is 4.40 Å². The Morgan fingerprint density at radius 1 is 0.644 bits per heavy atom. The number of allylic oxidation sites excluding steroid dienone is 1. The molecule has 0 amide bonds. The smallest absolute Gasteiger partial charge is 0.270 e. The van der Waals surface area contributed by atoms with Gasteiger partial charge >= 0.3 is 0 Å². The molecule has 0 fully saturated rings. The number of fused-ring (bicyclic) bond motifs is 16. The number of aryl methyl sites for hydroxylation is 1. The Kier molecular flexibility index (Phi) is 6.09. The number of thiophene rings is 1. The summed E-state index contributed by atoms with van der Waals surface area (Å²) in [6.45, 7) is 7.58. The molecule has 0 saturated carbocycles. The predicted octanol–water partition coefficient (Wildman–Crippen LogP) is 12.8. The van der Waals surface area contributed by atoms with E-state index in [1.165, 1.54) is 114 Å². The highest BCUT2D eigenvalue weighted by Crippen LogP contribution is 2.60. The van der Waals surface area contributed by atoms with Gasteiger partial charge in [0.05, 0.1) is 27.5 Å². The van der Waals surface area contributed by atoms with Crippen molar-refractivity contribution in [2.24, 2.45) is 0 Å². The summed E-state index contributed by atoms with van der Waals surface area (Å²) in [5.41, 5.74) is 16.5. The van der Waals surface area contributed by atoms with Crippen LogP contribution in [0.4, 0.5) is 0 Å². The van der Waals surface area contributed by atoms with E-state index in [2.05, 4.69) is 178 Å². The van der Waals surface area contributed by atoms with E-state index in [0.29, 0.717) is 0 Å². The van der Waals surface area contributed by atoms with Crippen molar-refractivity contribution in [3.8, 4) is 33.6 Å². The molecule has 2 unspecified atom stereocenters. The normalized spacial score (nSPS) is 19.3. The first kappa shape index (κ1) is 32.3. The molecular formula is C55H39N3S+2. The van der Waals surface area contributed by atoms with Gasteiger partial charge in [-0.2, -0.15) is 9.13 Å². The van der Waals surface area contributed by atoms with Gasteiger partial charge in [0, 0.05) is 71.5 Å². The van der Waals surface area contributed by atoms with Crippen molar-refractivity contribution in [3.05, 3.63) is 181 Å². The minimum absolute atomic E-state index is 0.221.